The minimum atomic E-state index is -0.926. The third kappa shape index (κ3) is 4.90. The maximum atomic E-state index is 13.3. The molecule has 0 spiro atoms. The van der Waals surface area contributed by atoms with Crippen LogP contribution in [0.4, 0.5) is 8.78 Å². The van der Waals surface area contributed by atoms with E-state index in [1.807, 2.05) is 0 Å². The normalized spacial score (nSPS) is 16.7. The van der Waals surface area contributed by atoms with Gasteiger partial charge in [-0.25, -0.2) is 8.78 Å². The fourth-order valence-electron chi connectivity index (χ4n) is 2.49. The molecule has 1 unspecified atom stereocenters. The number of methoxy groups -OCH3 is 1. The van der Waals surface area contributed by atoms with Gasteiger partial charge in [0, 0.05) is 13.0 Å². The molecule has 0 aromatic heterocycles. The van der Waals surface area contributed by atoms with Crippen molar-refractivity contribution in [1.29, 1.82) is 0 Å². The number of carbonyl (C=O) groups is 1. The minimum Gasteiger partial charge on any atom is -0.382 e. The first-order valence-corrected chi connectivity index (χ1v) is 7.06. The molecule has 1 aromatic rings. The second-order valence-corrected chi connectivity index (χ2v) is 5.21. The predicted octanol–water partition coefficient (Wildman–Crippen LogP) is 2.19. The number of halogens is 3. The van der Waals surface area contributed by atoms with Gasteiger partial charge in [0.05, 0.1) is 12.6 Å². The maximum absolute atomic E-state index is 13.3. The predicted molar refractivity (Wildman–Crippen MR) is 82.0 cm³/mol. The summed E-state index contributed by atoms with van der Waals surface area (Å²) in [4.78, 5) is 12.2. The van der Waals surface area contributed by atoms with Crippen molar-refractivity contribution in [3.63, 3.8) is 0 Å². The molecule has 1 fully saturated rings. The van der Waals surface area contributed by atoms with Crippen molar-refractivity contribution in [2.24, 2.45) is 5.92 Å². The third-order valence-electron chi connectivity index (χ3n) is 3.71. The lowest BCUT2D eigenvalue weighted by molar-refractivity contribution is -0.126. The third-order valence-corrected chi connectivity index (χ3v) is 3.71. The SMILES string of the molecule is COCC(NC(=O)C1CCNCC1)c1ccc(F)c(F)c1.Cl. The molecule has 124 valence electrons. The van der Waals surface area contributed by atoms with Gasteiger partial charge in [-0.3, -0.25) is 4.79 Å². The van der Waals surface area contributed by atoms with Gasteiger partial charge in [-0.2, -0.15) is 0 Å². The first-order chi connectivity index (χ1) is 10.1. The van der Waals surface area contributed by atoms with Crippen molar-refractivity contribution in [2.45, 2.75) is 18.9 Å². The molecule has 0 radical (unpaired) electrons. The maximum Gasteiger partial charge on any atom is 0.223 e. The number of amides is 1. The smallest absolute Gasteiger partial charge is 0.223 e. The highest BCUT2D eigenvalue weighted by Gasteiger charge is 2.24. The molecule has 22 heavy (non-hydrogen) atoms. The Kier molecular flexibility index (Phi) is 7.72. The molecule has 1 aliphatic rings. The summed E-state index contributed by atoms with van der Waals surface area (Å²) < 4.78 is 31.4. The second kappa shape index (κ2) is 9.02. The zero-order chi connectivity index (χ0) is 15.2. The van der Waals surface area contributed by atoms with E-state index >= 15 is 0 Å². The molecule has 1 aromatic carbocycles. The Morgan fingerprint density at radius 2 is 2.05 bits per heavy atom. The molecule has 0 bridgehead atoms. The van der Waals surface area contributed by atoms with Crippen LogP contribution in [0.1, 0.15) is 24.4 Å². The van der Waals surface area contributed by atoms with E-state index in [9.17, 15) is 13.6 Å². The number of benzene rings is 1. The molecular formula is C15H21ClF2N2O2. The van der Waals surface area contributed by atoms with E-state index in [2.05, 4.69) is 10.6 Å². The van der Waals surface area contributed by atoms with Crippen LogP contribution in [0.25, 0.3) is 0 Å². The Morgan fingerprint density at radius 1 is 1.36 bits per heavy atom. The van der Waals surface area contributed by atoms with Gasteiger partial charge in [0.25, 0.3) is 0 Å². The van der Waals surface area contributed by atoms with E-state index in [0.717, 1.165) is 38.1 Å². The van der Waals surface area contributed by atoms with Crippen LogP contribution in [-0.4, -0.2) is 32.7 Å². The Labute approximate surface area is 135 Å². The zero-order valence-corrected chi connectivity index (χ0v) is 13.2. The Bertz CT molecular complexity index is 496. The van der Waals surface area contributed by atoms with Gasteiger partial charge in [0.2, 0.25) is 5.91 Å². The number of ether oxygens (including phenoxy) is 1. The van der Waals surface area contributed by atoms with E-state index in [4.69, 9.17) is 4.74 Å². The Morgan fingerprint density at radius 3 is 2.64 bits per heavy atom. The van der Waals surface area contributed by atoms with Crippen molar-refractivity contribution < 1.29 is 18.3 Å². The first kappa shape index (κ1) is 18.8. The topological polar surface area (TPSA) is 50.4 Å². The van der Waals surface area contributed by atoms with Crippen LogP contribution >= 0.6 is 12.4 Å². The average molecular weight is 335 g/mol. The summed E-state index contributed by atoms with van der Waals surface area (Å²) in [7, 11) is 1.50. The summed E-state index contributed by atoms with van der Waals surface area (Å²) in [6.45, 7) is 1.85. The molecule has 4 nitrogen and oxygen atoms in total. The number of carbonyl (C=O) groups excluding carboxylic acids is 1. The summed E-state index contributed by atoms with van der Waals surface area (Å²) >= 11 is 0. The van der Waals surface area contributed by atoms with E-state index in [0.29, 0.717) is 5.56 Å². The number of hydrogen-bond acceptors (Lipinski definition) is 3. The molecule has 1 aliphatic heterocycles. The fraction of sp³-hybridized carbons (Fsp3) is 0.533. The van der Waals surface area contributed by atoms with Crippen LogP contribution in [0.5, 0.6) is 0 Å². The first-order valence-electron chi connectivity index (χ1n) is 7.06. The summed E-state index contributed by atoms with van der Waals surface area (Å²) in [5.41, 5.74) is 0.498. The lowest BCUT2D eigenvalue weighted by Gasteiger charge is -2.25. The summed E-state index contributed by atoms with van der Waals surface area (Å²) in [5.74, 6) is -1.94. The highest BCUT2D eigenvalue weighted by Crippen LogP contribution is 2.19. The van der Waals surface area contributed by atoms with Crippen LogP contribution in [0.15, 0.2) is 18.2 Å². The van der Waals surface area contributed by atoms with E-state index < -0.39 is 17.7 Å². The van der Waals surface area contributed by atoms with Crippen LogP contribution < -0.4 is 10.6 Å². The van der Waals surface area contributed by atoms with Gasteiger partial charge < -0.3 is 15.4 Å². The Balaban J connectivity index is 0.00000242. The van der Waals surface area contributed by atoms with Crippen molar-refractivity contribution in [2.75, 3.05) is 26.8 Å². The molecule has 1 atom stereocenters. The lowest BCUT2D eigenvalue weighted by atomic mass is 9.96. The van der Waals surface area contributed by atoms with Crippen LogP contribution in [0, 0.1) is 17.6 Å². The molecule has 7 heteroatoms. The summed E-state index contributed by atoms with van der Waals surface area (Å²) in [6.07, 6.45) is 1.56. The molecular weight excluding hydrogens is 314 g/mol. The van der Waals surface area contributed by atoms with Crippen molar-refractivity contribution in [3.8, 4) is 0 Å². The van der Waals surface area contributed by atoms with E-state index in [1.54, 1.807) is 0 Å². The molecule has 2 rings (SSSR count). The highest BCUT2D eigenvalue weighted by atomic mass is 35.5. The number of rotatable bonds is 5. The molecule has 2 N–H and O–H groups in total. The van der Waals surface area contributed by atoms with Gasteiger partial charge in [-0.05, 0) is 43.6 Å². The van der Waals surface area contributed by atoms with Gasteiger partial charge in [-0.15, -0.1) is 12.4 Å². The highest BCUT2D eigenvalue weighted by molar-refractivity contribution is 5.85. The minimum absolute atomic E-state index is 0. The van der Waals surface area contributed by atoms with Gasteiger partial charge >= 0.3 is 0 Å². The van der Waals surface area contributed by atoms with Crippen LogP contribution in [-0.2, 0) is 9.53 Å². The van der Waals surface area contributed by atoms with Gasteiger partial charge in [0.1, 0.15) is 0 Å². The molecule has 1 heterocycles. The van der Waals surface area contributed by atoms with E-state index in [-0.39, 0.29) is 30.8 Å². The molecule has 0 aliphatic carbocycles. The van der Waals surface area contributed by atoms with Crippen molar-refractivity contribution in [1.82, 2.24) is 10.6 Å². The second-order valence-electron chi connectivity index (χ2n) is 5.21. The number of hydrogen-bond donors (Lipinski definition) is 2. The van der Waals surface area contributed by atoms with Crippen molar-refractivity contribution >= 4 is 18.3 Å². The number of nitrogens with one attached hydrogen (secondary N) is 2. The van der Waals surface area contributed by atoms with Gasteiger partial charge in [0.15, 0.2) is 11.6 Å². The molecule has 0 saturated carbocycles. The Hall–Kier alpha value is -1.24. The summed E-state index contributed by atoms with van der Waals surface area (Å²) in [5, 5.41) is 6.07. The largest absolute Gasteiger partial charge is 0.382 e. The van der Waals surface area contributed by atoms with Crippen molar-refractivity contribution in [3.05, 3.63) is 35.4 Å². The quantitative estimate of drug-likeness (QED) is 0.868. The molecule has 1 saturated heterocycles. The number of piperidine rings is 1. The van der Waals surface area contributed by atoms with E-state index in [1.165, 1.54) is 13.2 Å². The zero-order valence-electron chi connectivity index (χ0n) is 12.4. The van der Waals surface area contributed by atoms with Gasteiger partial charge in [-0.1, -0.05) is 6.07 Å². The monoisotopic (exact) mass is 334 g/mol. The average Bonchev–Trinajstić information content (AvgIpc) is 2.50. The van der Waals surface area contributed by atoms with Crippen LogP contribution in [0.3, 0.4) is 0 Å². The summed E-state index contributed by atoms with van der Waals surface area (Å²) in [6, 6.07) is 3.14. The standard InChI is InChI=1S/C15H20F2N2O2.ClH/c1-21-9-14(11-2-3-12(16)13(17)8-11)19-15(20)10-4-6-18-7-5-10;/h2-3,8,10,14,18H,4-7,9H2,1H3,(H,19,20);1H. The van der Waals surface area contributed by atoms with Crippen LogP contribution in [0.2, 0.25) is 0 Å². The fourth-order valence-corrected chi connectivity index (χ4v) is 2.49. The molecule has 1 amide bonds. The lowest BCUT2D eigenvalue weighted by Crippen LogP contribution is -2.40.